The summed E-state index contributed by atoms with van der Waals surface area (Å²) >= 11 is 3.42. The summed E-state index contributed by atoms with van der Waals surface area (Å²) in [7, 11) is 1.63. The van der Waals surface area contributed by atoms with Gasteiger partial charge < -0.3 is 10.1 Å². The predicted molar refractivity (Wildman–Crippen MR) is 70.4 cm³/mol. The van der Waals surface area contributed by atoms with Crippen molar-refractivity contribution in [2.75, 3.05) is 0 Å². The number of hydrogen-bond acceptors (Lipinski definition) is 4. The van der Waals surface area contributed by atoms with Crippen LogP contribution in [0.5, 0.6) is 0 Å². The summed E-state index contributed by atoms with van der Waals surface area (Å²) in [4.78, 5) is 18.8. The molecule has 0 aliphatic rings. The van der Waals surface area contributed by atoms with E-state index in [0.29, 0.717) is 11.0 Å². The Morgan fingerprint density at radius 2 is 2.22 bits per heavy atom. The average Bonchev–Trinajstić information content (AvgIpc) is 2.68. The van der Waals surface area contributed by atoms with Crippen LogP contribution in [0.3, 0.4) is 0 Å². The van der Waals surface area contributed by atoms with Crippen LogP contribution in [0, 0.1) is 10.1 Å². The van der Waals surface area contributed by atoms with E-state index >= 15 is 0 Å². The maximum atomic E-state index is 10.9. The van der Waals surface area contributed by atoms with Gasteiger partial charge >= 0.3 is 5.95 Å². The van der Waals surface area contributed by atoms with Gasteiger partial charge in [0.15, 0.2) is 5.52 Å². The highest BCUT2D eigenvalue weighted by molar-refractivity contribution is 9.10. The monoisotopic (exact) mass is 306 g/mol. The summed E-state index contributed by atoms with van der Waals surface area (Å²) in [5, 5.41) is 11.7. The van der Waals surface area contributed by atoms with E-state index in [-0.39, 0.29) is 5.95 Å². The molecule has 0 spiro atoms. The maximum Gasteiger partial charge on any atom is 0.435 e. The van der Waals surface area contributed by atoms with Crippen molar-refractivity contribution < 1.29 is 4.92 Å². The van der Waals surface area contributed by atoms with Gasteiger partial charge in [0.1, 0.15) is 5.52 Å². The molecule has 0 unspecified atom stereocenters. The third-order valence-corrected chi connectivity index (χ3v) is 3.44. The smallest absolute Gasteiger partial charge is 0.390 e. The fourth-order valence-electron chi connectivity index (χ4n) is 2.00. The minimum Gasteiger partial charge on any atom is -0.390 e. The number of aromatic nitrogens is 3. The van der Waals surface area contributed by atoms with Gasteiger partial charge in [-0.2, -0.15) is 0 Å². The Hall–Kier alpha value is -2.02. The molecule has 0 atom stereocenters. The highest BCUT2D eigenvalue weighted by atomic mass is 79.9. The molecular weight excluding hydrogens is 300 g/mol. The quantitative estimate of drug-likeness (QED) is 0.512. The van der Waals surface area contributed by atoms with Crippen molar-refractivity contribution in [2.45, 2.75) is 0 Å². The molecule has 0 saturated carbocycles. The summed E-state index contributed by atoms with van der Waals surface area (Å²) < 4.78 is 2.26. The van der Waals surface area contributed by atoms with Crippen LogP contribution in [0.25, 0.3) is 21.9 Å². The van der Waals surface area contributed by atoms with Gasteiger partial charge in [0, 0.05) is 16.1 Å². The Labute approximate surface area is 110 Å². The van der Waals surface area contributed by atoms with Crippen LogP contribution in [-0.4, -0.2) is 19.5 Å². The minimum absolute atomic E-state index is 0.173. The van der Waals surface area contributed by atoms with Crippen LogP contribution in [0.1, 0.15) is 0 Å². The lowest BCUT2D eigenvalue weighted by Gasteiger charge is -1.99. The van der Waals surface area contributed by atoms with Gasteiger partial charge in [-0.25, -0.2) is 4.57 Å². The van der Waals surface area contributed by atoms with E-state index in [0.717, 1.165) is 15.4 Å². The highest BCUT2D eigenvalue weighted by Crippen LogP contribution is 2.31. The normalized spacial score (nSPS) is 11.2. The molecule has 0 saturated heterocycles. The maximum absolute atomic E-state index is 10.9. The number of nitro groups is 1. The zero-order valence-electron chi connectivity index (χ0n) is 9.29. The number of hydrogen-bond donors (Lipinski definition) is 0. The fourth-order valence-corrected chi connectivity index (χ4v) is 2.53. The number of benzene rings is 1. The van der Waals surface area contributed by atoms with E-state index in [1.54, 1.807) is 25.4 Å². The Balaban J connectivity index is 2.56. The van der Waals surface area contributed by atoms with Crippen molar-refractivity contribution in [1.82, 2.24) is 14.5 Å². The summed E-state index contributed by atoms with van der Waals surface area (Å²) in [5.74, 6) is -0.173. The number of imidazole rings is 1. The van der Waals surface area contributed by atoms with E-state index in [2.05, 4.69) is 25.9 Å². The van der Waals surface area contributed by atoms with E-state index < -0.39 is 4.92 Å². The first-order valence-corrected chi connectivity index (χ1v) is 5.93. The molecule has 0 aliphatic carbocycles. The van der Waals surface area contributed by atoms with Crippen LogP contribution in [0.15, 0.2) is 28.9 Å². The van der Waals surface area contributed by atoms with Gasteiger partial charge in [0.05, 0.1) is 12.6 Å². The second-order valence-corrected chi connectivity index (χ2v) is 4.71. The number of aryl methyl sites for hydroxylation is 1. The van der Waals surface area contributed by atoms with Crippen molar-refractivity contribution in [3.05, 3.63) is 39.0 Å². The van der Waals surface area contributed by atoms with Crippen molar-refractivity contribution in [1.29, 1.82) is 0 Å². The molecule has 0 N–H and O–H groups in total. The number of fused-ring (bicyclic) bond motifs is 3. The average molecular weight is 307 g/mol. The Morgan fingerprint density at radius 3 is 2.94 bits per heavy atom. The first kappa shape index (κ1) is 11.1. The fraction of sp³-hybridized carbons (Fsp3) is 0.0909. The first-order chi connectivity index (χ1) is 8.59. The molecule has 0 radical (unpaired) electrons. The summed E-state index contributed by atoms with van der Waals surface area (Å²) in [6, 6.07) is 5.44. The lowest BCUT2D eigenvalue weighted by Crippen LogP contribution is -1.97. The SMILES string of the molecule is Cn1c([N+](=O)[O-])nc2c3cccnc3c(Br)cc21. The lowest BCUT2D eigenvalue weighted by molar-refractivity contribution is -0.396. The Morgan fingerprint density at radius 1 is 1.44 bits per heavy atom. The number of pyridine rings is 1. The molecule has 6 nitrogen and oxygen atoms in total. The Kier molecular flexibility index (Phi) is 2.30. The molecule has 90 valence electrons. The molecular formula is C11H7BrN4O2. The minimum atomic E-state index is -0.490. The van der Waals surface area contributed by atoms with Crippen LogP contribution in [-0.2, 0) is 7.05 Å². The van der Waals surface area contributed by atoms with Gasteiger partial charge in [-0.1, -0.05) is 4.98 Å². The molecule has 7 heteroatoms. The topological polar surface area (TPSA) is 73.8 Å². The molecule has 0 bridgehead atoms. The predicted octanol–water partition coefficient (Wildman–Crippen LogP) is 2.79. The third-order valence-electron chi connectivity index (χ3n) is 2.83. The van der Waals surface area contributed by atoms with E-state index in [1.807, 2.05) is 6.07 Å². The van der Waals surface area contributed by atoms with Crippen molar-refractivity contribution in [2.24, 2.45) is 7.05 Å². The van der Waals surface area contributed by atoms with Gasteiger partial charge in [-0.05, 0) is 39.1 Å². The number of nitrogens with zero attached hydrogens (tertiary/aromatic N) is 4. The third kappa shape index (κ3) is 1.40. The standard InChI is InChI=1S/C11H7BrN4O2/c1-15-8-5-7(12)9-6(3-2-4-13-9)10(8)14-11(15)16(17)18/h2-5H,1H3. The molecule has 18 heavy (non-hydrogen) atoms. The van der Waals surface area contributed by atoms with Crippen LogP contribution in [0.4, 0.5) is 5.95 Å². The second-order valence-electron chi connectivity index (χ2n) is 3.85. The van der Waals surface area contributed by atoms with Gasteiger partial charge in [-0.3, -0.25) is 4.98 Å². The largest absolute Gasteiger partial charge is 0.435 e. The van der Waals surface area contributed by atoms with Crippen LogP contribution >= 0.6 is 15.9 Å². The molecule has 0 amide bonds. The van der Waals surface area contributed by atoms with Crippen molar-refractivity contribution >= 4 is 43.8 Å². The molecule has 1 aromatic carbocycles. The highest BCUT2D eigenvalue weighted by Gasteiger charge is 2.22. The summed E-state index contributed by atoms with van der Waals surface area (Å²) in [6.45, 7) is 0. The summed E-state index contributed by atoms with van der Waals surface area (Å²) in [5.41, 5.74) is 2.04. The Bertz CT molecular complexity index is 796. The van der Waals surface area contributed by atoms with Crippen molar-refractivity contribution in [3.63, 3.8) is 0 Å². The van der Waals surface area contributed by atoms with Gasteiger partial charge in [0.2, 0.25) is 0 Å². The van der Waals surface area contributed by atoms with Crippen molar-refractivity contribution in [3.8, 4) is 0 Å². The zero-order chi connectivity index (χ0) is 12.9. The number of rotatable bonds is 1. The second kappa shape index (κ2) is 3.74. The van der Waals surface area contributed by atoms with Crippen LogP contribution < -0.4 is 0 Å². The van der Waals surface area contributed by atoms with E-state index in [1.165, 1.54) is 4.57 Å². The molecule has 3 rings (SSSR count). The van der Waals surface area contributed by atoms with E-state index in [4.69, 9.17) is 0 Å². The summed E-state index contributed by atoms with van der Waals surface area (Å²) in [6.07, 6.45) is 1.68. The molecule has 2 aromatic heterocycles. The van der Waals surface area contributed by atoms with Gasteiger partial charge in [0.25, 0.3) is 0 Å². The van der Waals surface area contributed by atoms with Gasteiger partial charge in [-0.15, -0.1) is 0 Å². The zero-order valence-corrected chi connectivity index (χ0v) is 10.9. The van der Waals surface area contributed by atoms with Crippen LogP contribution in [0.2, 0.25) is 0 Å². The molecule has 0 aliphatic heterocycles. The first-order valence-electron chi connectivity index (χ1n) is 5.13. The van der Waals surface area contributed by atoms with E-state index in [9.17, 15) is 10.1 Å². The number of halogens is 1. The molecule has 3 aromatic rings. The molecule has 0 fully saturated rings. The molecule has 2 heterocycles. The lowest BCUT2D eigenvalue weighted by atomic mass is 10.2.